The van der Waals surface area contributed by atoms with Crippen molar-refractivity contribution in [3.63, 3.8) is 0 Å². The molecule has 1 aromatic carbocycles. The van der Waals surface area contributed by atoms with Crippen LogP contribution in [0.1, 0.15) is 30.5 Å². The fraction of sp³-hybridized carbons (Fsp3) is 0.467. The maximum absolute atomic E-state index is 12.2. The molecule has 2 heterocycles. The van der Waals surface area contributed by atoms with Crippen LogP contribution in [0.2, 0.25) is 0 Å². The molecule has 2 amide bonds. The Morgan fingerprint density at radius 1 is 1.32 bits per heavy atom. The van der Waals surface area contributed by atoms with Gasteiger partial charge in [0.15, 0.2) is 0 Å². The van der Waals surface area contributed by atoms with Crippen molar-refractivity contribution < 1.29 is 9.59 Å². The molecule has 0 radical (unpaired) electrons. The van der Waals surface area contributed by atoms with Crippen molar-refractivity contribution in [3.8, 4) is 0 Å². The van der Waals surface area contributed by atoms with E-state index in [4.69, 9.17) is 0 Å². The lowest BCUT2D eigenvalue weighted by atomic mass is 9.97. The standard InChI is InChI=1S/C15H18N2O2/c1-11(18)16-9-14-13-7-3-2-5-12(13)6-4-8-17(14)15(19)10-16/h2-3,5,7,14H,4,6,8-10H2,1H3. The first-order chi connectivity index (χ1) is 9.16. The summed E-state index contributed by atoms with van der Waals surface area (Å²) in [5.41, 5.74) is 2.52. The van der Waals surface area contributed by atoms with Crippen molar-refractivity contribution in [1.29, 1.82) is 0 Å². The highest BCUT2D eigenvalue weighted by Crippen LogP contribution is 2.32. The predicted molar refractivity (Wildman–Crippen MR) is 71.5 cm³/mol. The number of benzene rings is 1. The zero-order chi connectivity index (χ0) is 13.4. The molecule has 0 bridgehead atoms. The number of nitrogens with zero attached hydrogens (tertiary/aromatic N) is 2. The summed E-state index contributed by atoms with van der Waals surface area (Å²) in [6.45, 7) is 3.18. The number of carbonyl (C=O) groups excluding carboxylic acids is 2. The molecule has 2 aliphatic rings. The molecule has 0 spiro atoms. The molecule has 1 aromatic rings. The molecule has 4 heteroatoms. The van der Waals surface area contributed by atoms with Crippen molar-refractivity contribution in [3.05, 3.63) is 35.4 Å². The Kier molecular flexibility index (Phi) is 3.01. The van der Waals surface area contributed by atoms with Crippen LogP contribution in [0, 0.1) is 0 Å². The Labute approximate surface area is 113 Å². The number of piperazine rings is 1. The number of hydrogen-bond donors (Lipinski definition) is 0. The van der Waals surface area contributed by atoms with Gasteiger partial charge in [-0.2, -0.15) is 0 Å². The number of hydrogen-bond acceptors (Lipinski definition) is 2. The first kappa shape index (κ1) is 12.2. The second-order valence-electron chi connectivity index (χ2n) is 5.30. The van der Waals surface area contributed by atoms with Crippen molar-refractivity contribution in [1.82, 2.24) is 9.80 Å². The second kappa shape index (κ2) is 4.68. The van der Waals surface area contributed by atoms with Gasteiger partial charge in [-0.3, -0.25) is 9.59 Å². The van der Waals surface area contributed by atoms with Crippen LogP contribution in [0.25, 0.3) is 0 Å². The van der Waals surface area contributed by atoms with Crippen molar-refractivity contribution in [2.45, 2.75) is 25.8 Å². The number of amides is 2. The average Bonchev–Trinajstić information content (AvgIpc) is 2.58. The summed E-state index contributed by atoms with van der Waals surface area (Å²) in [7, 11) is 0. The highest BCUT2D eigenvalue weighted by atomic mass is 16.2. The molecule has 3 rings (SSSR count). The van der Waals surface area contributed by atoms with E-state index in [2.05, 4.69) is 12.1 Å². The number of rotatable bonds is 0. The lowest BCUT2D eigenvalue weighted by Gasteiger charge is -2.40. The molecule has 1 saturated heterocycles. The molecule has 4 nitrogen and oxygen atoms in total. The molecule has 1 atom stereocenters. The van der Waals surface area contributed by atoms with Crippen molar-refractivity contribution >= 4 is 11.8 Å². The van der Waals surface area contributed by atoms with E-state index in [1.165, 1.54) is 18.1 Å². The first-order valence-electron chi connectivity index (χ1n) is 6.79. The van der Waals surface area contributed by atoms with E-state index < -0.39 is 0 Å². The SMILES string of the molecule is CC(=O)N1CC(=O)N2CCCc3ccccc3C2C1. The first-order valence-corrected chi connectivity index (χ1v) is 6.79. The number of carbonyl (C=O) groups is 2. The predicted octanol–water partition coefficient (Wildman–Crippen LogP) is 1.36. The topological polar surface area (TPSA) is 40.6 Å². The highest BCUT2D eigenvalue weighted by Gasteiger charge is 2.36. The van der Waals surface area contributed by atoms with Gasteiger partial charge in [0.05, 0.1) is 12.6 Å². The van der Waals surface area contributed by atoms with Gasteiger partial charge in [0, 0.05) is 20.0 Å². The molecular weight excluding hydrogens is 240 g/mol. The number of fused-ring (bicyclic) bond motifs is 3. The molecular formula is C15H18N2O2. The summed E-state index contributed by atoms with van der Waals surface area (Å²) in [5.74, 6) is 0.0536. The normalized spacial score (nSPS) is 22.6. The van der Waals surface area contributed by atoms with Crippen LogP contribution in [-0.4, -0.2) is 41.2 Å². The van der Waals surface area contributed by atoms with Gasteiger partial charge in [0.25, 0.3) is 0 Å². The lowest BCUT2D eigenvalue weighted by Crippen LogP contribution is -2.53. The minimum Gasteiger partial charge on any atom is -0.332 e. The Hall–Kier alpha value is -1.84. The summed E-state index contributed by atoms with van der Waals surface area (Å²) in [6.07, 6.45) is 2.01. The van der Waals surface area contributed by atoms with E-state index in [0.717, 1.165) is 19.4 Å². The number of aryl methyl sites for hydroxylation is 1. The minimum absolute atomic E-state index is 0.0188. The van der Waals surface area contributed by atoms with Gasteiger partial charge in [-0.25, -0.2) is 0 Å². The Bertz CT molecular complexity index is 527. The lowest BCUT2D eigenvalue weighted by molar-refractivity contribution is -0.147. The van der Waals surface area contributed by atoms with Crippen molar-refractivity contribution in [2.24, 2.45) is 0 Å². The Balaban J connectivity index is 2.00. The third-order valence-corrected chi connectivity index (χ3v) is 4.12. The summed E-state index contributed by atoms with van der Waals surface area (Å²) in [4.78, 5) is 27.4. The van der Waals surface area contributed by atoms with Crippen LogP contribution in [0.15, 0.2) is 24.3 Å². The smallest absolute Gasteiger partial charge is 0.242 e. The van der Waals surface area contributed by atoms with Crippen LogP contribution in [0.5, 0.6) is 0 Å². The Morgan fingerprint density at radius 2 is 2.11 bits per heavy atom. The van der Waals surface area contributed by atoms with Gasteiger partial charge < -0.3 is 9.80 Å². The minimum atomic E-state index is -0.0188. The third-order valence-electron chi connectivity index (χ3n) is 4.12. The van der Waals surface area contributed by atoms with Gasteiger partial charge in [0.2, 0.25) is 11.8 Å². The quantitative estimate of drug-likeness (QED) is 0.705. The summed E-state index contributed by atoms with van der Waals surface area (Å²) in [6, 6.07) is 8.32. The van der Waals surface area contributed by atoms with E-state index in [0.29, 0.717) is 6.54 Å². The molecule has 0 N–H and O–H groups in total. The van der Waals surface area contributed by atoms with Crippen molar-refractivity contribution in [2.75, 3.05) is 19.6 Å². The summed E-state index contributed by atoms with van der Waals surface area (Å²) >= 11 is 0. The monoisotopic (exact) mass is 258 g/mol. The van der Waals surface area contributed by atoms with Crippen LogP contribution in [0.3, 0.4) is 0 Å². The molecule has 2 aliphatic heterocycles. The van der Waals surface area contributed by atoms with Crippen LogP contribution in [-0.2, 0) is 16.0 Å². The molecule has 0 aliphatic carbocycles. The van der Waals surface area contributed by atoms with E-state index in [-0.39, 0.29) is 24.4 Å². The Morgan fingerprint density at radius 3 is 2.89 bits per heavy atom. The molecule has 0 saturated carbocycles. The summed E-state index contributed by atoms with van der Waals surface area (Å²) in [5, 5.41) is 0. The van der Waals surface area contributed by atoms with Crippen LogP contribution >= 0.6 is 0 Å². The zero-order valence-corrected chi connectivity index (χ0v) is 11.1. The van der Waals surface area contributed by atoms with Gasteiger partial charge in [-0.15, -0.1) is 0 Å². The van der Waals surface area contributed by atoms with Crippen LogP contribution < -0.4 is 0 Å². The van der Waals surface area contributed by atoms with Gasteiger partial charge in [-0.1, -0.05) is 24.3 Å². The van der Waals surface area contributed by atoms with E-state index in [1.807, 2.05) is 17.0 Å². The fourth-order valence-electron chi connectivity index (χ4n) is 3.11. The largest absolute Gasteiger partial charge is 0.332 e. The fourth-order valence-corrected chi connectivity index (χ4v) is 3.11. The third kappa shape index (κ3) is 2.11. The van der Waals surface area contributed by atoms with Gasteiger partial charge in [-0.05, 0) is 24.0 Å². The molecule has 100 valence electrons. The van der Waals surface area contributed by atoms with E-state index in [9.17, 15) is 9.59 Å². The summed E-state index contributed by atoms with van der Waals surface area (Å²) < 4.78 is 0. The zero-order valence-electron chi connectivity index (χ0n) is 11.1. The molecule has 19 heavy (non-hydrogen) atoms. The molecule has 0 aromatic heterocycles. The van der Waals surface area contributed by atoms with E-state index >= 15 is 0 Å². The molecule has 1 unspecified atom stereocenters. The molecule has 1 fully saturated rings. The maximum Gasteiger partial charge on any atom is 0.242 e. The average molecular weight is 258 g/mol. The van der Waals surface area contributed by atoms with E-state index in [1.54, 1.807) is 4.90 Å². The highest BCUT2D eigenvalue weighted by molar-refractivity contribution is 5.85. The van der Waals surface area contributed by atoms with Crippen LogP contribution in [0.4, 0.5) is 0 Å². The maximum atomic E-state index is 12.2. The second-order valence-corrected chi connectivity index (χ2v) is 5.30. The van der Waals surface area contributed by atoms with Gasteiger partial charge >= 0.3 is 0 Å². The van der Waals surface area contributed by atoms with Gasteiger partial charge in [0.1, 0.15) is 0 Å².